The largest absolute Gasteiger partial charge is 0.379 e. The first kappa shape index (κ1) is 20.8. The summed E-state index contributed by atoms with van der Waals surface area (Å²) in [5.41, 5.74) is 4.51. The normalized spacial score (nSPS) is 14.3. The second-order valence-corrected chi connectivity index (χ2v) is 7.58. The SMILES string of the molecule is Cc1ccc(C2=C(Nc3ccccc3)C(=O)N(CCCOC(C)C)C2=O)cc1C. The van der Waals surface area contributed by atoms with Crippen molar-refractivity contribution in [1.82, 2.24) is 4.90 Å². The van der Waals surface area contributed by atoms with E-state index < -0.39 is 0 Å². The number of amides is 2. The molecule has 1 heterocycles. The number of aryl methyl sites for hydroxylation is 2. The first-order valence-electron chi connectivity index (χ1n) is 10.00. The van der Waals surface area contributed by atoms with Crippen LogP contribution in [0.2, 0.25) is 0 Å². The first-order valence-corrected chi connectivity index (χ1v) is 10.00. The van der Waals surface area contributed by atoms with E-state index in [2.05, 4.69) is 5.32 Å². The number of nitrogens with one attached hydrogen (secondary N) is 1. The molecule has 0 bridgehead atoms. The van der Waals surface area contributed by atoms with Gasteiger partial charge in [0.2, 0.25) is 0 Å². The molecule has 2 amide bonds. The molecule has 1 N–H and O–H groups in total. The van der Waals surface area contributed by atoms with E-state index in [0.717, 1.165) is 22.4 Å². The number of benzene rings is 2. The lowest BCUT2D eigenvalue weighted by Crippen LogP contribution is -2.34. The van der Waals surface area contributed by atoms with Crippen molar-refractivity contribution in [2.45, 2.75) is 40.2 Å². The van der Waals surface area contributed by atoms with Crippen LogP contribution in [-0.4, -0.2) is 36.0 Å². The summed E-state index contributed by atoms with van der Waals surface area (Å²) in [5, 5.41) is 3.18. The zero-order valence-corrected chi connectivity index (χ0v) is 17.5. The minimum atomic E-state index is -0.295. The van der Waals surface area contributed by atoms with Crippen molar-refractivity contribution in [3.05, 3.63) is 70.9 Å². The van der Waals surface area contributed by atoms with Gasteiger partial charge in [-0.3, -0.25) is 14.5 Å². The average Bonchev–Trinajstić information content (AvgIpc) is 2.92. The third-order valence-electron chi connectivity index (χ3n) is 4.98. The molecule has 152 valence electrons. The molecule has 1 aliphatic heterocycles. The van der Waals surface area contributed by atoms with Crippen LogP contribution < -0.4 is 5.32 Å². The van der Waals surface area contributed by atoms with Crippen molar-refractivity contribution in [1.29, 1.82) is 0 Å². The Bertz CT molecular complexity index is 932. The number of carbonyl (C=O) groups excluding carboxylic acids is 2. The molecule has 0 atom stereocenters. The molecular weight excluding hydrogens is 364 g/mol. The zero-order chi connectivity index (χ0) is 21.0. The molecule has 2 aromatic rings. The summed E-state index contributed by atoms with van der Waals surface area (Å²) in [7, 11) is 0. The van der Waals surface area contributed by atoms with Crippen LogP contribution in [0.25, 0.3) is 5.57 Å². The Labute approximate surface area is 172 Å². The molecule has 2 aromatic carbocycles. The first-order chi connectivity index (χ1) is 13.9. The Morgan fingerprint density at radius 1 is 0.966 bits per heavy atom. The van der Waals surface area contributed by atoms with E-state index >= 15 is 0 Å². The van der Waals surface area contributed by atoms with Gasteiger partial charge in [0.1, 0.15) is 5.70 Å². The Morgan fingerprint density at radius 2 is 1.69 bits per heavy atom. The second kappa shape index (κ2) is 9.05. The highest BCUT2D eigenvalue weighted by molar-refractivity contribution is 6.36. The fraction of sp³-hybridized carbons (Fsp3) is 0.333. The standard InChI is InChI=1S/C24H28N2O3/c1-16(2)29-14-8-13-26-23(27)21(19-12-11-17(3)18(4)15-19)22(24(26)28)25-20-9-6-5-7-10-20/h5-7,9-12,15-16,25H,8,13-14H2,1-4H3. The van der Waals surface area contributed by atoms with Gasteiger partial charge >= 0.3 is 0 Å². The van der Waals surface area contributed by atoms with E-state index in [4.69, 9.17) is 4.74 Å². The molecule has 0 saturated heterocycles. The molecule has 0 unspecified atom stereocenters. The summed E-state index contributed by atoms with van der Waals surface area (Å²) >= 11 is 0. The highest BCUT2D eigenvalue weighted by atomic mass is 16.5. The summed E-state index contributed by atoms with van der Waals surface area (Å²) in [6, 6.07) is 15.3. The molecule has 0 spiro atoms. The van der Waals surface area contributed by atoms with E-state index in [1.807, 2.05) is 76.2 Å². The van der Waals surface area contributed by atoms with Crippen LogP contribution >= 0.6 is 0 Å². The lowest BCUT2D eigenvalue weighted by molar-refractivity contribution is -0.137. The molecule has 1 aliphatic rings. The van der Waals surface area contributed by atoms with Crippen LogP contribution in [0.4, 0.5) is 5.69 Å². The third kappa shape index (κ3) is 4.74. The van der Waals surface area contributed by atoms with Crippen molar-refractivity contribution >= 4 is 23.1 Å². The zero-order valence-electron chi connectivity index (χ0n) is 17.5. The molecule has 0 saturated carbocycles. The predicted molar refractivity (Wildman–Crippen MR) is 115 cm³/mol. The van der Waals surface area contributed by atoms with E-state index in [1.165, 1.54) is 4.90 Å². The number of imide groups is 1. The summed E-state index contributed by atoms with van der Waals surface area (Å²) in [4.78, 5) is 27.7. The fourth-order valence-electron chi connectivity index (χ4n) is 3.27. The third-order valence-corrected chi connectivity index (χ3v) is 4.98. The molecule has 0 aromatic heterocycles. The Kier molecular flexibility index (Phi) is 6.49. The van der Waals surface area contributed by atoms with Gasteiger partial charge in [0.15, 0.2) is 0 Å². The Balaban J connectivity index is 1.92. The maximum absolute atomic E-state index is 13.2. The smallest absolute Gasteiger partial charge is 0.278 e. The van der Waals surface area contributed by atoms with Crippen molar-refractivity contribution in [3.8, 4) is 0 Å². The van der Waals surface area contributed by atoms with Crippen LogP contribution in [0.3, 0.4) is 0 Å². The molecule has 5 heteroatoms. The molecule has 3 rings (SSSR count). The van der Waals surface area contributed by atoms with Gasteiger partial charge in [-0.1, -0.05) is 36.4 Å². The van der Waals surface area contributed by atoms with Gasteiger partial charge in [0.25, 0.3) is 11.8 Å². The Morgan fingerprint density at radius 3 is 2.34 bits per heavy atom. The van der Waals surface area contributed by atoms with Crippen LogP contribution in [0, 0.1) is 13.8 Å². The Hall–Kier alpha value is -2.92. The monoisotopic (exact) mass is 392 g/mol. The van der Waals surface area contributed by atoms with Crippen LogP contribution in [0.1, 0.15) is 37.0 Å². The summed E-state index contributed by atoms with van der Waals surface area (Å²) in [6.07, 6.45) is 0.730. The van der Waals surface area contributed by atoms with E-state index in [9.17, 15) is 9.59 Å². The maximum Gasteiger partial charge on any atom is 0.278 e. The molecule has 5 nitrogen and oxygen atoms in total. The maximum atomic E-state index is 13.2. The van der Waals surface area contributed by atoms with Crippen molar-refractivity contribution < 1.29 is 14.3 Å². The number of hydrogen-bond acceptors (Lipinski definition) is 4. The molecule has 29 heavy (non-hydrogen) atoms. The summed E-state index contributed by atoms with van der Waals surface area (Å²) < 4.78 is 5.56. The fourth-order valence-corrected chi connectivity index (χ4v) is 3.27. The van der Waals surface area contributed by atoms with Crippen LogP contribution in [-0.2, 0) is 14.3 Å². The lowest BCUT2D eigenvalue weighted by Gasteiger charge is -2.16. The summed E-state index contributed by atoms with van der Waals surface area (Å²) in [6.45, 7) is 8.81. The van der Waals surface area contributed by atoms with Gasteiger partial charge in [-0.05, 0) is 62.9 Å². The average molecular weight is 392 g/mol. The number of nitrogens with zero attached hydrogens (tertiary/aromatic N) is 1. The minimum Gasteiger partial charge on any atom is -0.379 e. The van der Waals surface area contributed by atoms with Crippen molar-refractivity contribution in [2.24, 2.45) is 0 Å². The van der Waals surface area contributed by atoms with Gasteiger partial charge < -0.3 is 10.1 Å². The molecule has 0 fully saturated rings. The lowest BCUT2D eigenvalue weighted by atomic mass is 9.99. The van der Waals surface area contributed by atoms with Gasteiger partial charge in [-0.2, -0.15) is 0 Å². The number of para-hydroxylation sites is 1. The topological polar surface area (TPSA) is 58.6 Å². The predicted octanol–water partition coefficient (Wildman–Crippen LogP) is 4.31. The number of hydrogen-bond donors (Lipinski definition) is 1. The minimum absolute atomic E-state index is 0.125. The molecule has 0 aliphatic carbocycles. The number of carbonyl (C=O) groups is 2. The number of rotatable bonds is 8. The van der Waals surface area contributed by atoms with E-state index in [-0.39, 0.29) is 17.9 Å². The second-order valence-electron chi connectivity index (χ2n) is 7.58. The van der Waals surface area contributed by atoms with Gasteiger partial charge in [0.05, 0.1) is 11.7 Å². The van der Waals surface area contributed by atoms with Crippen LogP contribution in [0.15, 0.2) is 54.2 Å². The van der Waals surface area contributed by atoms with Crippen molar-refractivity contribution in [2.75, 3.05) is 18.5 Å². The number of anilines is 1. The summed E-state index contributed by atoms with van der Waals surface area (Å²) in [5.74, 6) is -0.558. The van der Waals surface area contributed by atoms with E-state index in [0.29, 0.717) is 30.8 Å². The quantitative estimate of drug-likeness (QED) is 0.537. The van der Waals surface area contributed by atoms with Gasteiger partial charge in [0, 0.05) is 18.8 Å². The molecule has 0 radical (unpaired) electrons. The van der Waals surface area contributed by atoms with Gasteiger partial charge in [-0.15, -0.1) is 0 Å². The van der Waals surface area contributed by atoms with Crippen LogP contribution in [0.5, 0.6) is 0 Å². The highest BCUT2D eigenvalue weighted by Gasteiger charge is 2.38. The van der Waals surface area contributed by atoms with E-state index in [1.54, 1.807) is 0 Å². The highest BCUT2D eigenvalue weighted by Crippen LogP contribution is 2.31. The van der Waals surface area contributed by atoms with Crippen molar-refractivity contribution in [3.63, 3.8) is 0 Å². The van der Waals surface area contributed by atoms with Gasteiger partial charge in [-0.25, -0.2) is 0 Å². The molecular formula is C24H28N2O3. The number of ether oxygens (including phenoxy) is 1.